The van der Waals surface area contributed by atoms with Gasteiger partial charge in [0.2, 0.25) is 5.91 Å². The molecule has 2 N–H and O–H groups in total. The summed E-state index contributed by atoms with van der Waals surface area (Å²) < 4.78 is 30.4. The Bertz CT molecular complexity index is 856. The number of hydrogen-bond acceptors (Lipinski definition) is 6. The number of benzene rings is 2. The van der Waals surface area contributed by atoms with Gasteiger partial charge in [0.25, 0.3) is 0 Å². The van der Waals surface area contributed by atoms with Gasteiger partial charge in [-0.05, 0) is 32.0 Å². The third kappa shape index (κ3) is 5.76. The van der Waals surface area contributed by atoms with Crippen molar-refractivity contribution in [2.45, 2.75) is 13.8 Å². The predicted octanol–water partition coefficient (Wildman–Crippen LogP) is 3.51. The first-order valence-corrected chi connectivity index (χ1v) is 10.2. The van der Waals surface area contributed by atoms with E-state index in [4.69, 9.17) is 14.2 Å². The first-order chi connectivity index (χ1) is 14.6. The van der Waals surface area contributed by atoms with Gasteiger partial charge in [0.05, 0.1) is 44.3 Å². The second kappa shape index (κ2) is 10.7. The van der Waals surface area contributed by atoms with Crippen LogP contribution < -0.4 is 25.0 Å². The summed E-state index contributed by atoms with van der Waals surface area (Å²) in [6.45, 7) is 7.58. The average Bonchev–Trinajstić information content (AvgIpc) is 2.75. The monoisotopic (exact) mass is 417 g/mol. The second-order valence-electron chi connectivity index (χ2n) is 6.69. The van der Waals surface area contributed by atoms with Gasteiger partial charge in [0, 0.05) is 30.9 Å². The molecule has 3 rings (SSSR count). The number of halogens is 1. The van der Waals surface area contributed by atoms with Crippen LogP contribution in [0.2, 0.25) is 0 Å². The van der Waals surface area contributed by atoms with Crippen molar-refractivity contribution in [3.8, 4) is 11.5 Å². The molecule has 1 amide bonds. The maximum absolute atomic E-state index is 13.3. The van der Waals surface area contributed by atoms with Crippen LogP contribution in [0.15, 0.2) is 36.4 Å². The SMILES string of the molecule is CCOc1cc(N2CCOCC2)c(OCC)cc1NC(=O)CNc1cccc(F)c1. The fourth-order valence-corrected chi connectivity index (χ4v) is 3.22. The summed E-state index contributed by atoms with van der Waals surface area (Å²) in [5.74, 6) is 0.610. The van der Waals surface area contributed by atoms with Crippen LogP contribution in [0.1, 0.15) is 13.8 Å². The molecule has 0 bridgehead atoms. The van der Waals surface area contributed by atoms with Crippen LogP contribution in [0.25, 0.3) is 0 Å². The standard InChI is InChI=1S/C22H28FN3O4/c1-3-29-20-14-19(26-8-10-28-11-9-26)21(30-4-2)13-18(20)25-22(27)15-24-17-7-5-6-16(23)12-17/h5-7,12-14,24H,3-4,8-11,15H2,1-2H3,(H,25,27). The van der Waals surface area contributed by atoms with Crippen molar-refractivity contribution in [2.24, 2.45) is 0 Å². The van der Waals surface area contributed by atoms with Gasteiger partial charge >= 0.3 is 0 Å². The van der Waals surface area contributed by atoms with E-state index in [-0.39, 0.29) is 18.3 Å². The van der Waals surface area contributed by atoms with E-state index < -0.39 is 0 Å². The second-order valence-corrected chi connectivity index (χ2v) is 6.69. The number of ether oxygens (including phenoxy) is 3. The molecular weight excluding hydrogens is 389 g/mol. The quantitative estimate of drug-likeness (QED) is 0.651. The van der Waals surface area contributed by atoms with E-state index >= 15 is 0 Å². The molecule has 8 heteroatoms. The molecule has 0 spiro atoms. The summed E-state index contributed by atoms with van der Waals surface area (Å²) >= 11 is 0. The van der Waals surface area contributed by atoms with Crippen molar-refractivity contribution in [2.75, 3.05) is 61.6 Å². The number of rotatable bonds is 9. The highest BCUT2D eigenvalue weighted by molar-refractivity contribution is 5.96. The largest absolute Gasteiger partial charge is 0.492 e. The molecule has 1 heterocycles. The molecular formula is C22H28FN3O4. The van der Waals surface area contributed by atoms with Crippen molar-refractivity contribution in [1.29, 1.82) is 0 Å². The lowest BCUT2D eigenvalue weighted by molar-refractivity contribution is -0.114. The Kier molecular flexibility index (Phi) is 7.73. The Hall–Kier alpha value is -3.00. The summed E-state index contributed by atoms with van der Waals surface area (Å²) in [6, 6.07) is 9.66. The average molecular weight is 417 g/mol. The van der Waals surface area contributed by atoms with Crippen LogP contribution in [0.3, 0.4) is 0 Å². The third-order valence-electron chi connectivity index (χ3n) is 4.56. The van der Waals surface area contributed by atoms with Gasteiger partial charge in [-0.3, -0.25) is 4.79 Å². The van der Waals surface area contributed by atoms with Crippen molar-refractivity contribution >= 4 is 23.0 Å². The minimum Gasteiger partial charge on any atom is -0.492 e. The highest BCUT2D eigenvalue weighted by Crippen LogP contribution is 2.39. The van der Waals surface area contributed by atoms with Gasteiger partial charge < -0.3 is 29.7 Å². The molecule has 2 aromatic carbocycles. The summed E-state index contributed by atoms with van der Waals surface area (Å²) in [5.41, 5.74) is 1.98. The molecule has 0 unspecified atom stereocenters. The van der Waals surface area contributed by atoms with Gasteiger partial charge in [0.1, 0.15) is 17.3 Å². The zero-order chi connectivity index (χ0) is 21.3. The van der Waals surface area contributed by atoms with Gasteiger partial charge in [-0.15, -0.1) is 0 Å². The Morgan fingerprint density at radius 2 is 1.83 bits per heavy atom. The molecule has 1 fully saturated rings. The van der Waals surface area contributed by atoms with Gasteiger partial charge in [0.15, 0.2) is 0 Å². The van der Waals surface area contributed by atoms with E-state index in [0.717, 1.165) is 18.8 Å². The molecule has 1 aliphatic rings. The van der Waals surface area contributed by atoms with Crippen LogP contribution >= 0.6 is 0 Å². The molecule has 0 radical (unpaired) electrons. The Balaban J connectivity index is 1.77. The maximum Gasteiger partial charge on any atom is 0.243 e. The van der Waals surface area contributed by atoms with Crippen molar-refractivity contribution in [1.82, 2.24) is 0 Å². The van der Waals surface area contributed by atoms with Crippen molar-refractivity contribution < 1.29 is 23.4 Å². The molecule has 0 atom stereocenters. The van der Waals surface area contributed by atoms with E-state index in [1.54, 1.807) is 18.2 Å². The number of nitrogens with one attached hydrogen (secondary N) is 2. The summed E-state index contributed by atoms with van der Waals surface area (Å²) in [5, 5.41) is 5.78. The normalized spacial score (nSPS) is 13.6. The summed E-state index contributed by atoms with van der Waals surface area (Å²) in [6.07, 6.45) is 0. The molecule has 162 valence electrons. The van der Waals surface area contributed by atoms with Crippen LogP contribution in [0.4, 0.5) is 21.5 Å². The van der Waals surface area contributed by atoms with E-state index in [1.165, 1.54) is 12.1 Å². The fourth-order valence-electron chi connectivity index (χ4n) is 3.22. The Labute approximate surface area is 176 Å². The molecule has 2 aromatic rings. The van der Waals surface area contributed by atoms with Crippen LogP contribution in [0.5, 0.6) is 11.5 Å². The summed E-state index contributed by atoms with van der Waals surface area (Å²) in [4.78, 5) is 14.7. The van der Waals surface area contributed by atoms with Crippen LogP contribution in [-0.2, 0) is 9.53 Å². The molecule has 1 saturated heterocycles. The third-order valence-corrected chi connectivity index (χ3v) is 4.56. The lowest BCUT2D eigenvalue weighted by Gasteiger charge is -2.31. The van der Waals surface area contributed by atoms with Gasteiger partial charge in [-0.2, -0.15) is 0 Å². The molecule has 0 saturated carbocycles. The molecule has 0 aliphatic carbocycles. The van der Waals surface area contributed by atoms with Crippen LogP contribution in [0, 0.1) is 5.82 Å². The van der Waals surface area contributed by atoms with E-state index in [0.29, 0.717) is 49.3 Å². The lowest BCUT2D eigenvalue weighted by Crippen LogP contribution is -2.36. The summed E-state index contributed by atoms with van der Waals surface area (Å²) in [7, 11) is 0. The van der Waals surface area contributed by atoms with Crippen LogP contribution in [-0.4, -0.2) is 52.0 Å². The molecule has 30 heavy (non-hydrogen) atoms. The first-order valence-electron chi connectivity index (χ1n) is 10.2. The number of carbonyl (C=O) groups excluding carboxylic acids is 1. The Morgan fingerprint density at radius 1 is 1.10 bits per heavy atom. The topological polar surface area (TPSA) is 72.1 Å². The number of hydrogen-bond donors (Lipinski definition) is 2. The van der Waals surface area contributed by atoms with E-state index in [2.05, 4.69) is 15.5 Å². The highest BCUT2D eigenvalue weighted by atomic mass is 19.1. The zero-order valence-electron chi connectivity index (χ0n) is 17.4. The van der Waals surface area contributed by atoms with Gasteiger partial charge in [-0.1, -0.05) is 6.07 Å². The number of amides is 1. The molecule has 0 aromatic heterocycles. The fraction of sp³-hybridized carbons (Fsp3) is 0.409. The number of carbonyl (C=O) groups is 1. The highest BCUT2D eigenvalue weighted by Gasteiger charge is 2.20. The smallest absolute Gasteiger partial charge is 0.243 e. The van der Waals surface area contributed by atoms with Crippen molar-refractivity contribution in [3.63, 3.8) is 0 Å². The minimum absolute atomic E-state index is 0.00972. The molecule has 7 nitrogen and oxygen atoms in total. The predicted molar refractivity (Wildman–Crippen MR) is 115 cm³/mol. The van der Waals surface area contributed by atoms with Crippen molar-refractivity contribution in [3.05, 3.63) is 42.2 Å². The number of morpholine rings is 1. The van der Waals surface area contributed by atoms with Gasteiger partial charge in [-0.25, -0.2) is 4.39 Å². The van der Waals surface area contributed by atoms with E-state index in [9.17, 15) is 9.18 Å². The number of nitrogens with zero attached hydrogens (tertiary/aromatic N) is 1. The number of anilines is 3. The zero-order valence-corrected chi connectivity index (χ0v) is 17.4. The van der Waals surface area contributed by atoms with E-state index in [1.807, 2.05) is 19.9 Å². The molecule has 1 aliphatic heterocycles. The maximum atomic E-state index is 13.3. The Morgan fingerprint density at radius 3 is 2.53 bits per heavy atom. The first kappa shape index (κ1) is 21.7. The minimum atomic E-state index is -0.362. The lowest BCUT2D eigenvalue weighted by atomic mass is 10.2.